The van der Waals surface area contributed by atoms with Crippen LogP contribution in [0, 0.1) is 0 Å². The molecule has 2 radical (unpaired) electrons. The quantitative estimate of drug-likeness (QED) is 0.636. The number of aliphatic hydroxyl groups is 1. The monoisotopic (exact) mass is 273 g/mol. The largest absolute Gasteiger partial charge is 0.496 e. The third kappa shape index (κ3) is 2.88. The van der Waals surface area contributed by atoms with Crippen LogP contribution in [0.1, 0.15) is 5.56 Å². The highest BCUT2D eigenvalue weighted by Gasteiger charge is 2.42. The molecule has 8 heteroatoms. The fourth-order valence-corrected chi connectivity index (χ4v) is 2.41. The molecule has 1 atom stereocenters. The molecule has 1 heterocycles. The summed E-state index contributed by atoms with van der Waals surface area (Å²) in [6.07, 6.45) is -0.150. The van der Waals surface area contributed by atoms with Gasteiger partial charge in [0.05, 0.1) is 17.6 Å². The van der Waals surface area contributed by atoms with E-state index in [4.69, 9.17) is 18.3 Å². The van der Waals surface area contributed by atoms with E-state index in [0.29, 0.717) is 11.3 Å². The molecule has 1 aromatic rings. The SMILES string of the molecule is [B]C(N)(O)Cc1cc2c(cc1OC)SC(F)(F)O2. The van der Waals surface area contributed by atoms with Gasteiger partial charge in [0.25, 0.3) is 0 Å². The van der Waals surface area contributed by atoms with Gasteiger partial charge in [-0.15, -0.1) is 0 Å². The number of ether oxygens (including phenoxy) is 2. The molecular formula is C10H10BF2NO3S. The summed E-state index contributed by atoms with van der Waals surface area (Å²) in [5.41, 5.74) is 0.417. The van der Waals surface area contributed by atoms with Gasteiger partial charge in [-0.3, -0.25) is 0 Å². The predicted octanol–water partition coefficient (Wildman–Crippen LogP) is 1.05. The van der Waals surface area contributed by atoms with Gasteiger partial charge in [-0.25, -0.2) is 0 Å². The lowest BCUT2D eigenvalue weighted by Crippen LogP contribution is -2.42. The highest BCUT2D eigenvalue weighted by atomic mass is 32.2. The Balaban J connectivity index is 2.38. The van der Waals surface area contributed by atoms with Crippen LogP contribution < -0.4 is 15.2 Å². The molecule has 96 valence electrons. The normalized spacial score (nSPS) is 19.8. The van der Waals surface area contributed by atoms with Gasteiger partial charge in [-0.05, 0) is 23.9 Å². The van der Waals surface area contributed by atoms with E-state index >= 15 is 0 Å². The average molecular weight is 273 g/mol. The van der Waals surface area contributed by atoms with Crippen molar-refractivity contribution in [1.82, 2.24) is 0 Å². The second-order valence-corrected chi connectivity index (χ2v) is 5.07. The molecule has 0 saturated heterocycles. The van der Waals surface area contributed by atoms with E-state index in [1.807, 2.05) is 0 Å². The highest BCUT2D eigenvalue weighted by molar-refractivity contribution is 8.00. The second kappa shape index (κ2) is 4.29. The van der Waals surface area contributed by atoms with Crippen LogP contribution in [-0.2, 0) is 6.42 Å². The highest BCUT2D eigenvalue weighted by Crippen LogP contribution is 2.51. The Bertz CT molecular complexity index is 479. The summed E-state index contributed by atoms with van der Waals surface area (Å²) in [6.45, 7) is 0. The Hall–Kier alpha value is -0.985. The minimum Gasteiger partial charge on any atom is -0.496 e. The third-order valence-electron chi connectivity index (χ3n) is 2.28. The number of thioether (sulfide) groups is 1. The maximum absolute atomic E-state index is 13.0. The zero-order valence-corrected chi connectivity index (χ0v) is 10.3. The number of alkyl halides is 2. The zero-order chi connectivity index (χ0) is 13.6. The molecule has 0 amide bonds. The topological polar surface area (TPSA) is 64.7 Å². The van der Waals surface area contributed by atoms with Crippen LogP contribution in [0.2, 0.25) is 0 Å². The molecule has 0 spiro atoms. The third-order valence-corrected chi connectivity index (χ3v) is 3.14. The number of hydrogen-bond donors (Lipinski definition) is 2. The van der Waals surface area contributed by atoms with Crippen LogP contribution in [0.15, 0.2) is 17.0 Å². The number of fused-ring (bicyclic) bond motifs is 1. The van der Waals surface area contributed by atoms with Crippen molar-refractivity contribution in [3.63, 3.8) is 0 Å². The minimum atomic E-state index is -3.30. The van der Waals surface area contributed by atoms with Gasteiger partial charge in [-0.1, -0.05) is 0 Å². The lowest BCUT2D eigenvalue weighted by molar-refractivity contribution is -0.0822. The van der Waals surface area contributed by atoms with Crippen molar-refractivity contribution in [2.24, 2.45) is 5.73 Å². The fraction of sp³-hybridized carbons (Fsp3) is 0.400. The Morgan fingerprint density at radius 3 is 2.83 bits per heavy atom. The first-order valence-corrected chi connectivity index (χ1v) is 5.79. The van der Waals surface area contributed by atoms with E-state index in [0.717, 1.165) is 0 Å². The minimum absolute atomic E-state index is 0.0186. The molecule has 4 nitrogen and oxygen atoms in total. The number of hydrogen-bond acceptors (Lipinski definition) is 5. The summed E-state index contributed by atoms with van der Waals surface area (Å²) in [4.78, 5) is 0.262. The molecule has 2 rings (SSSR count). The van der Waals surface area contributed by atoms with E-state index in [-0.39, 0.29) is 28.8 Å². The summed E-state index contributed by atoms with van der Waals surface area (Å²) in [7, 11) is 6.66. The zero-order valence-electron chi connectivity index (χ0n) is 9.44. The van der Waals surface area contributed by atoms with Gasteiger partial charge in [0, 0.05) is 12.0 Å². The van der Waals surface area contributed by atoms with E-state index in [1.54, 1.807) is 0 Å². The van der Waals surface area contributed by atoms with Crippen molar-refractivity contribution in [2.75, 3.05) is 7.11 Å². The van der Waals surface area contributed by atoms with Crippen molar-refractivity contribution in [3.05, 3.63) is 17.7 Å². The molecule has 0 fully saturated rings. The number of nitrogens with two attached hydrogens (primary N) is 1. The first-order valence-electron chi connectivity index (χ1n) is 4.97. The van der Waals surface area contributed by atoms with Crippen LogP contribution in [0.5, 0.6) is 11.5 Å². The van der Waals surface area contributed by atoms with E-state index in [1.165, 1.54) is 19.2 Å². The van der Waals surface area contributed by atoms with Crippen LogP contribution in [0.3, 0.4) is 0 Å². The molecule has 0 saturated carbocycles. The molecule has 0 aromatic heterocycles. The summed E-state index contributed by atoms with van der Waals surface area (Å²) in [5, 5.41) is 9.35. The summed E-state index contributed by atoms with van der Waals surface area (Å²) in [5.74, 6) is 0.335. The van der Waals surface area contributed by atoms with Crippen LogP contribution in [0.4, 0.5) is 8.78 Å². The van der Waals surface area contributed by atoms with Gasteiger partial charge in [0.2, 0.25) is 0 Å². The molecule has 0 aliphatic carbocycles. The molecule has 1 aliphatic rings. The van der Waals surface area contributed by atoms with Gasteiger partial charge < -0.3 is 20.3 Å². The van der Waals surface area contributed by atoms with Crippen molar-refractivity contribution < 1.29 is 23.4 Å². The smallest absolute Gasteiger partial charge is 0.457 e. The van der Waals surface area contributed by atoms with Gasteiger partial charge in [0.1, 0.15) is 19.3 Å². The standard InChI is InChI=1S/C10H10BF2NO3S/c1-16-6-3-8-7(17-10(12,13)18-8)2-5(6)4-9(11,14)15/h2-3,15H,4,14H2,1H3. The van der Waals surface area contributed by atoms with Crippen molar-refractivity contribution in [3.8, 4) is 11.5 Å². The molecule has 0 bridgehead atoms. The maximum atomic E-state index is 13.0. The van der Waals surface area contributed by atoms with Crippen LogP contribution in [0.25, 0.3) is 0 Å². The summed E-state index contributed by atoms with van der Waals surface area (Å²) >= 11 is 0.289. The summed E-state index contributed by atoms with van der Waals surface area (Å²) < 4.78 is 35.6. The lowest BCUT2D eigenvalue weighted by atomic mass is 9.85. The summed E-state index contributed by atoms with van der Waals surface area (Å²) in [6, 6.07) is 2.74. The Kier molecular flexibility index (Phi) is 3.20. The van der Waals surface area contributed by atoms with Gasteiger partial charge >= 0.3 is 5.44 Å². The molecule has 18 heavy (non-hydrogen) atoms. The van der Waals surface area contributed by atoms with E-state index < -0.39 is 11.1 Å². The maximum Gasteiger partial charge on any atom is 0.457 e. The van der Waals surface area contributed by atoms with Crippen LogP contribution >= 0.6 is 11.8 Å². The Morgan fingerprint density at radius 1 is 1.61 bits per heavy atom. The molecule has 1 aliphatic heterocycles. The van der Waals surface area contributed by atoms with Crippen molar-refractivity contribution in [2.45, 2.75) is 22.4 Å². The Labute approximate surface area is 108 Å². The van der Waals surface area contributed by atoms with Gasteiger partial charge in [-0.2, -0.15) is 8.78 Å². The van der Waals surface area contributed by atoms with Crippen molar-refractivity contribution >= 4 is 19.6 Å². The first kappa shape index (κ1) is 13.4. The van der Waals surface area contributed by atoms with Crippen molar-refractivity contribution in [1.29, 1.82) is 0 Å². The van der Waals surface area contributed by atoms with Gasteiger partial charge in [0.15, 0.2) is 0 Å². The fourth-order valence-electron chi connectivity index (χ4n) is 1.65. The number of halogens is 2. The number of methoxy groups -OCH3 is 1. The predicted molar refractivity (Wildman–Crippen MR) is 63.0 cm³/mol. The molecule has 3 N–H and O–H groups in total. The first-order chi connectivity index (χ1) is 8.20. The molecule has 1 unspecified atom stereocenters. The second-order valence-electron chi connectivity index (χ2n) is 3.95. The number of rotatable bonds is 3. The average Bonchev–Trinajstić information content (AvgIpc) is 2.47. The lowest BCUT2D eigenvalue weighted by Gasteiger charge is -2.20. The molecular weight excluding hydrogens is 263 g/mol. The molecule has 1 aromatic carbocycles. The number of benzene rings is 1. The van der Waals surface area contributed by atoms with E-state index in [9.17, 15) is 13.9 Å². The Morgan fingerprint density at radius 2 is 2.28 bits per heavy atom. The van der Waals surface area contributed by atoms with Crippen LogP contribution in [-0.4, -0.2) is 31.1 Å². The van der Waals surface area contributed by atoms with E-state index in [2.05, 4.69) is 4.74 Å².